The van der Waals surface area contributed by atoms with Crippen LogP contribution in [0.4, 0.5) is 0 Å². The molecule has 0 saturated heterocycles. The number of rotatable bonds is 3. The molecule has 2 nitrogen and oxygen atoms in total. The van der Waals surface area contributed by atoms with Crippen LogP contribution in [0.2, 0.25) is 0 Å². The van der Waals surface area contributed by atoms with Crippen LogP contribution in [-0.2, 0) is 0 Å². The maximum Gasteiger partial charge on any atom is 0.0571 e. The number of nitrogens with zero attached hydrogens (tertiary/aromatic N) is 2. The lowest BCUT2D eigenvalue weighted by atomic mass is 10.3. The molecule has 10 heavy (non-hydrogen) atoms. The highest BCUT2D eigenvalue weighted by Crippen LogP contribution is 1.85. The van der Waals surface area contributed by atoms with Gasteiger partial charge in [0.05, 0.1) is 5.71 Å². The summed E-state index contributed by atoms with van der Waals surface area (Å²) >= 11 is 0. The zero-order valence-corrected chi connectivity index (χ0v) is 7.26. The topological polar surface area (TPSA) is 15.6 Å². The molecule has 0 aromatic rings. The lowest BCUT2D eigenvalue weighted by molar-refractivity contribution is 0.438. The third-order valence-corrected chi connectivity index (χ3v) is 0.952. The monoisotopic (exact) mass is 140 g/mol. The third kappa shape index (κ3) is 5.35. The lowest BCUT2D eigenvalue weighted by Gasteiger charge is -2.03. The van der Waals surface area contributed by atoms with E-state index in [2.05, 4.69) is 18.1 Å². The van der Waals surface area contributed by atoms with Gasteiger partial charge in [-0.15, -0.1) is 0 Å². The molecule has 0 saturated carbocycles. The van der Waals surface area contributed by atoms with E-state index in [-0.39, 0.29) is 0 Å². The first-order valence-electron chi connectivity index (χ1n) is 3.56. The SMILES string of the molecule is CC/C=C\C(C)=N\N(C)C. The summed E-state index contributed by atoms with van der Waals surface area (Å²) in [5, 5.41) is 5.98. The predicted molar refractivity (Wildman–Crippen MR) is 46.2 cm³/mol. The Morgan fingerprint density at radius 3 is 2.50 bits per heavy atom. The van der Waals surface area contributed by atoms with Crippen molar-refractivity contribution in [1.29, 1.82) is 0 Å². The molecule has 0 aromatic heterocycles. The molecule has 0 fully saturated rings. The van der Waals surface area contributed by atoms with Gasteiger partial charge in [-0.2, -0.15) is 5.10 Å². The molecule has 2 heteroatoms. The van der Waals surface area contributed by atoms with Crippen molar-refractivity contribution < 1.29 is 0 Å². The lowest BCUT2D eigenvalue weighted by Crippen LogP contribution is -2.04. The molecule has 0 heterocycles. The van der Waals surface area contributed by atoms with E-state index in [1.165, 1.54) is 0 Å². The number of hydrogen-bond donors (Lipinski definition) is 0. The molecular weight excluding hydrogens is 124 g/mol. The van der Waals surface area contributed by atoms with Crippen molar-refractivity contribution in [3.63, 3.8) is 0 Å². The fourth-order valence-corrected chi connectivity index (χ4v) is 0.637. The van der Waals surface area contributed by atoms with Crippen molar-refractivity contribution in [3.05, 3.63) is 12.2 Å². The summed E-state index contributed by atoms with van der Waals surface area (Å²) in [6.45, 7) is 4.10. The summed E-state index contributed by atoms with van der Waals surface area (Å²) in [5.74, 6) is 0. The summed E-state index contributed by atoms with van der Waals surface area (Å²) in [4.78, 5) is 0. The molecule has 0 radical (unpaired) electrons. The first kappa shape index (κ1) is 9.21. The van der Waals surface area contributed by atoms with Gasteiger partial charge < -0.3 is 5.01 Å². The maximum atomic E-state index is 4.18. The summed E-state index contributed by atoms with van der Waals surface area (Å²) in [5.41, 5.74) is 1.05. The third-order valence-electron chi connectivity index (χ3n) is 0.952. The summed E-state index contributed by atoms with van der Waals surface area (Å²) in [6, 6.07) is 0. The zero-order valence-electron chi connectivity index (χ0n) is 7.26. The van der Waals surface area contributed by atoms with Gasteiger partial charge in [0.25, 0.3) is 0 Å². The second-order valence-corrected chi connectivity index (χ2v) is 2.40. The van der Waals surface area contributed by atoms with Gasteiger partial charge >= 0.3 is 0 Å². The molecule has 0 rings (SSSR count). The summed E-state index contributed by atoms with van der Waals surface area (Å²) in [7, 11) is 3.84. The van der Waals surface area contributed by atoms with Crippen molar-refractivity contribution in [1.82, 2.24) is 5.01 Å². The Bertz CT molecular complexity index is 134. The van der Waals surface area contributed by atoms with Crippen molar-refractivity contribution in [3.8, 4) is 0 Å². The first-order chi connectivity index (χ1) is 4.66. The van der Waals surface area contributed by atoms with E-state index in [1.807, 2.05) is 27.1 Å². The van der Waals surface area contributed by atoms with Gasteiger partial charge in [0.2, 0.25) is 0 Å². The van der Waals surface area contributed by atoms with Crippen LogP contribution in [0.1, 0.15) is 20.3 Å². The molecule has 0 atom stereocenters. The molecule has 58 valence electrons. The van der Waals surface area contributed by atoms with E-state index in [0.717, 1.165) is 12.1 Å². The van der Waals surface area contributed by atoms with Gasteiger partial charge in [0.15, 0.2) is 0 Å². The summed E-state index contributed by atoms with van der Waals surface area (Å²) < 4.78 is 0. The minimum Gasteiger partial charge on any atom is -0.303 e. The first-order valence-corrected chi connectivity index (χ1v) is 3.56. The smallest absolute Gasteiger partial charge is 0.0571 e. The van der Waals surface area contributed by atoms with Crippen LogP contribution in [0, 0.1) is 0 Å². The fourth-order valence-electron chi connectivity index (χ4n) is 0.637. The minimum atomic E-state index is 1.05. The van der Waals surface area contributed by atoms with E-state index < -0.39 is 0 Å². The van der Waals surface area contributed by atoms with Crippen LogP contribution in [0.15, 0.2) is 17.3 Å². The van der Waals surface area contributed by atoms with E-state index in [0.29, 0.717) is 0 Å². The normalized spacial score (nSPS) is 12.6. The Morgan fingerprint density at radius 2 is 2.10 bits per heavy atom. The fraction of sp³-hybridized carbons (Fsp3) is 0.625. The molecule has 0 unspecified atom stereocenters. The molecule has 0 aliphatic carbocycles. The van der Waals surface area contributed by atoms with Crippen molar-refractivity contribution in [2.75, 3.05) is 14.1 Å². The minimum absolute atomic E-state index is 1.05. The quantitative estimate of drug-likeness (QED) is 0.432. The predicted octanol–water partition coefficient (Wildman–Crippen LogP) is 1.89. The molecule has 0 aliphatic rings. The molecule has 0 aliphatic heterocycles. The van der Waals surface area contributed by atoms with Crippen molar-refractivity contribution >= 4 is 5.71 Å². The van der Waals surface area contributed by atoms with Gasteiger partial charge in [0, 0.05) is 14.1 Å². The Morgan fingerprint density at radius 1 is 1.50 bits per heavy atom. The van der Waals surface area contributed by atoms with Crippen LogP contribution in [0.3, 0.4) is 0 Å². The molecule has 0 spiro atoms. The maximum absolute atomic E-state index is 4.18. The van der Waals surface area contributed by atoms with Gasteiger partial charge in [-0.05, 0) is 19.4 Å². The molecule has 0 N–H and O–H groups in total. The van der Waals surface area contributed by atoms with E-state index in [9.17, 15) is 0 Å². The standard InChI is InChI=1S/C8H16N2/c1-5-6-7-8(2)9-10(3)4/h6-7H,5H2,1-4H3/b7-6-,9-8+. The van der Waals surface area contributed by atoms with E-state index in [4.69, 9.17) is 0 Å². The van der Waals surface area contributed by atoms with Crippen molar-refractivity contribution in [2.24, 2.45) is 5.10 Å². The van der Waals surface area contributed by atoms with Gasteiger partial charge in [-0.3, -0.25) is 0 Å². The Hall–Kier alpha value is -0.790. The average Bonchev–Trinajstić information content (AvgIpc) is 1.82. The second-order valence-electron chi connectivity index (χ2n) is 2.40. The van der Waals surface area contributed by atoms with Gasteiger partial charge in [-0.25, -0.2) is 0 Å². The second kappa shape index (κ2) is 5.03. The largest absolute Gasteiger partial charge is 0.303 e. The zero-order chi connectivity index (χ0) is 7.98. The molecular formula is C8H16N2. The average molecular weight is 140 g/mol. The Labute approximate surface area is 63.2 Å². The number of hydrazone groups is 1. The van der Waals surface area contributed by atoms with Crippen LogP contribution in [0.5, 0.6) is 0 Å². The van der Waals surface area contributed by atoms with E-state index >= 15 is 0 Å². The van der Waals surface area contributed by atoms with Crippen molar-refractivity contribution in [2.45, 2.75) is 20.3 Å². The highest BCUT2D eigenvalue weighted by atomic mass is 15.4. The van der Waals surface area contributed by atoms with Gasteiger partial charge in [-0.1, -0.05) is 13.0 Å². The molecule has 0 bridgehead atoms. The van der Waals surface area contributed by atoms with Crippen LogP contribution in [0.25, 0.3) is 0 Å². The highest BCUT2D eigenvalue weighted by Gasteiger charge is 1.82. The van der Waals surface area contributed by atoms with Crippen LogP contribution in [-0.4, -0.2) is 24.8 Å². The van der Waals surface area contributed by atoms with Crippen LogP contribution >= 0.6 is 0 Å². The van der Waals surface area contributed by atoms with E-state index in [1.54, 1.807) is 5.01 Å². The number of allylic oxidation sites excluding steroid dienone is 2. The Balaban J connectivity index is 3.82. The molecule has 0 amide bonds. The Kier molecular flexibility index (Phi) is 4.63. The molecule has 0 aromatic carbocycles. The number of hydrogen-bond acceptors (Lipinski definition) is 2. The summed E-state index contributed by atoms with van der Waals surface area (Å²) in [6.07, 6.45) is 5.20. The van der Waals surface area contributed by atoms with Crippen LogP contribution < -0.4 is 0 Å². The highest BCUT2D eigenvalue weighted by molar-refractivity contribution is 5.92. The van der Waals surface area contributed by atoms with Gasteiger partial charge in [0.1, 0.15) is 0 Å².